The molecule has 0 aliphatic carbocycles. The number of hydrogen-bond donors (Lipinski definition) is 0. The van der Waals surface area contributed by atoms with Crippen molar-refractivity contribution >= 4 is 10.2 Å². The van der Waals surface area contributed by atoms with Crippen LogP contribution < -0.4 is 0 Å². The van der Waals surface area contributed by atoms with Crippen LogP contribution in [0.5, 0.6) is 0 Å². The molecule has 1 aromatic rings. The molecule has 0 bridgehead atoms. The first-order valence-electron chi connectivity index (χ1n) is 5.69. The predicted octanol–water partition coefficient (Wildman–Crippen LogP) is 3.85. The summed E-state index contributed by atoms with van der Waals surface area (Å²) < 4.78 is 0. The van der Waals surface area contributed by atoms with Crippen LogP contribution in [0.3, 0.4) is 0 Å². The zero-order chi connectivity index (χ0) is 11.7. The van der Waals surface area contributed by atoms with Gasteiger partial charge in [0.2, 0.25) is 0 Å². The lowest BCUT2D eigenvalue weighted by atomic mass is 9.87. The molecule has 1 aromatic carbocycles. The molecule has 0 nitrogen and oxygen atoms in total. The van der Waals surface area contributed by atoms with E-state index in [1.54, 1.807) is 0 Å². The smallest absolute Gasteiger partial charge is 0.0331 e. The summed E-state index contributed by atoms with van der Waals surface area (Å²) in [6.45, 7) is 13.4. The van der Waals surface area contributed by atoms with Gasteiger partial charge in [-0.2, -0.15) is 0 Å². The Morgan fingerprint density at radius 1 is 0.800 bits per heavy atom. The van der Waals surface area contributed by atoms with Crippen LogP contribution in [0.25, 0.3) is 0 Å². The van der Waals surface area contributed by atoms with Crippen LogP contribution in [0.15, 0.2) is 0 Å². The molecule has 81 valence electrons. The van der Waals surface area contributed by atoms with Crippen LogP contribution in [-0.2, 0) is 0 Å². The van der Waals surface area contributed by atoms with Gasteiger partial charge >= 0.3 is 0 Å². The first kappa shape index (κ1) is 12.5. The summed E-state index contributed by atoms with van der Waals surface area (Å²) in [5.41, 5.74) is 9.24. The second kappa shape index (κ2) is 4.52. The lowest BCUT2D eigenvalue weighted by molar-refractivity contribution is 0.858. The van der Waals surface area contributed by atoms with E-state index in [-0.39, 0.29) is 0 Å². The third-order valence-corrected chi connectivity index (χ3v) is 4.51. The van der Waals surface area contributed by atoms with Crippen LogP contribution in [0, 0.1) is 34.6 Å². The van der Waals surface area contributed by atoms with Crippen LogP contribution >= 0.6 is 0 Å². The summed E-state index contributed by atoms with van der Waals surface area (Å²) in [6, 6.07) is 0. The van der Waals surface area contributed by atoms with Gasteiger partial charge in [0.15, 0.2) is 0 Å². The maximum Gasteiger partial charge on any atom is 0.0331 e. The van der Waals surface area contributed by atoms with E-state index in [2.05, 4.69) is 51.8 Å². The second-order valence-electron chi connectivity index (χ2n) is 4.50. The molecule has 0 saturated heterocycles. The minimum atomic E-state index is 0.489. The van der Waals surface area contributed by atoms with E-state index in [1.807, 2.05) is 0 Å². The summed E-state index contributed by atoms with van der Waals surface area (Å²) in [5, 5.41) is 0. The number of benzene rings is 1. The molecular weight excluding hydrogens is 196 g/mol. The SMILES string of the molecule is CCC([Si])c1c(C)c(C)c(C)c(C)c1C. The molecule has 1 unspecified atom stereocenters. The Labute approximate surface area is 97.5 Å². The highest BCUT2D eigenvalue weighted by atomic mass is 28.1. The largest absolute Gasteiger partial charge is 0.0651 e. The molecule has 0 aliphatic rings. The van der Waals surface area contributed by atoms with Gasteiger partial charge in [0.1, 0.15) is 0 Å². The highest BCUT2D eigenvalue weighted by Crippen LogP contribution is 2.31. The zero-order valence-corrected chi connectivity index (χ0v) is 11.8. The molecule has 0 fully saturated rings. The Kier molecular flexibility index (Phi) is 3.77. The number of hydrogen-bond acceptors (Lipinski definition) is 0. The van der Waals surface area contributed by atoms with Gasteiger partial charge in [-0.3, -0.25) is 0 Å². The van der Waals surface area contributed by atoms with Crippen molar-refractivity contribution in [2.45, 2.75) is 53.5 Å². The Morgan fingerprint density at radius 3 is 1.47 bits per heavy atom. The minimum Gasteiger partial charge on any atom is -0.0651 e. The zero-order valence-electron chi connectivity index (χ0n) is 10.8. The molecule has 0 amide bonds. The Hall–Kier alpha value is -0.563. The highest BCUT2D eigenvalue weighted by Gasteiger charge is 2.15. The molecule has 1 heteroatoms. The quantitative estimate of drug-likeness (QED) is 0.660. The monoisotopic (exact) mass is 217 g/mol. The maximum absolute atomic E-state index is 3.83. The van der Waals surface area contributed by atoms with Gasteiger partial charge in [0.25, 0.3) is 0 Å². The molecule has 0 saturated carbocycles. The van der Waals surface area contributed by atoms with Gasteiger partial charge in [-0.1, -0.05) is 13.3 Å². The van der Waals surface area contributed by atoms with Gasteiger partial charge in [-0.05, 0) is 73.5 Å². The molecular formula is C14H21Si. The first-order chi connectivity index (χ1) is 6.91. The molecule has 1 atom stereocenters. The topological polar surface area (TPSA) is 0 Å². The Bertz CT molecular complexity index is 348. The van der Waals surface area contributed by atoms with Gasteiger partial charge in [-0.15, -0.1) is 0 Å². The fraction of sp³-hybridized carbons (Fsp3) is 0.571. The normalized spacial score (nSPS) is 13.0. The number of rotatable bonds is 2. The van der Waals surface area contributed by atoms with Gasteiger partial charge in [0, 0.05) is 10.2 Å². The van der Waals surface area contributed by atoms with Crippen molar-refractivity contribution in [3.05, 3.63) is 33.4 Å². The maximum atomic E-state index is 3.83. The van der Waals surface area contributed by atoms with E-state index in [1.165, 1.54) is 33.4 Å². The second-order valence-corrected chi connectivity index (χ2v) is 5.20. The van der Waals surface area contributed by atoms with E-state index in [0.29, 0.717) is 5.54 Å². The van der Waals surface area contributed by atoms with Crippen LogP contribution in [0.2, 0.25) is 0 Å². The van der Waals surface area contributed by atoms with E-state index in [4.69, 9.17) is 0 Å². The Balaban J connectivity index is 3.52. The van der Waals surface area contributed by atoms with E-state index in [9.17, 15) is 0 Å². The van der Waals surface area contributed by atoms with E-state index < -0.39 is 0 Å². The summed E-state index contributed by atoms with van der Waals surface area (Å²) in [7, 11) is 3.83. The van der Waals surface area contributed by atoms with Crippen molar-refractivity contribution in [2.24, 2.45) is 0 Å². The lowest BCUT2D eigenvalue weighted by Crippen LogP contribution is -2.07. The molecule has 0 N–H and O–H groups in total. The van der Waals surface area contributed by atoms with Crippen molar-refractivity contribution in [1.29, 1.82) is 0 Å². The van der Waals surface area contributed by atoms with Crippen LogP contribution in [0.4, 0.5) is 0 Å². The molecule has 3 radical (unpaired) electrons. The molecule has 0 aromatic heterocycles. The van der Waals surface area contributed by atoms with Crippen molar-refractivity contribution in [2.75, 3.05) is 0 Å². The summed E-state index contributed by atoms with van der Waals surface area (Å²) in [4.78, 5) is 0. The third kappa shape index (κ3) is 2.03. The average Bonchev–Trinajstić information content (AvgIpc) is 2.23. The van der Waals surface area contributed by atoms with Gasteiger partial charge < -0.3 is 0 Å². The molecule has 1 rings (SSSR count). The van der Waals surface area contributed by atoms with Gasteiger partial charge in [0.05, 0.1) is 0 Å². The molecule has 0 heterocycles. The van der Waals surface area contributed by atoms with Crippen molar-refractivity contribution in [3.8, 4) is 0 Å². The van der Waals surface area contributed by atoms with Crippen molar-refractivity contribution in [3.63, 3.8) is 0 Å². The fourth-order valence-corrected chi connectivity index (χ4v) is 2.69. The van der Waals surface area contributed by atoms with Crippen molar-refractivity contribution in [1.82, 2.24) is 0 Å². The van der Waals surface area contributed by atoms with Gasteiger partial charge in [-0.25, -0.2) is 0 Å². The van der Waals surface area contributed by atoms with Crippen LogP contribution in [-0.4, -0.2) is 10.2 Å². The summed E-state index contributed by atoms with van der Waals surface area (Å²) in [6.07, 6.45) is 1.14. The average molecular weight is 217 g/mol. The standard InChI is InChI=1S/C14H21Si/c1-7-13(15)14-11(5)9(3)8(2)10(4)12(14)6/h13H,7H2,1-6H3. The predicted molar refractivity (Wildman–Crippen MR) is 68.9 cm³/mol. The highest BCUT2D eigenvalue weighted by molar-refractivity contribution is 6.12. The third-order valence-electron chi connectivity index (χ3n) is 3.81. The summed E-state index contributed by atoms with van der Waals surface area (Å²) in [5.74, 6) is 0. The van der Waals surface area contributed by atoms with E-state index >= 15 is 0 Å². The molecule has 0 spiro atoms. The Morgan fingerprint density at radius 2 is 1.13 bits per heavy atom. The summed E-state index contributed by atoms with van der Waals surface area (Å²) >= 11 is 0. The fourth-order valence-electron chi connectivity index (χ4n) is 2.26. The van der Waals surface area contributed by atoms with Crippen LogP contribution in [0.1, 0.15) is 52.3 Å². The minimum absolute atomic E-state index is 0.489. The lowest BCUT2D eigenvalue weighted by Gasteiger charge is -2.22. The molecule has 15 heavy (non-hydrogen) atoms. The first-order valence-corrected chi connectivity index (χ1v) is 6.27. The van der Waals surface area contributed by atoms with Crippen molar-refractivity contribution < 1.29 is 0 Å². The molecule has 0 aliphatic heterocycles. The van der Waals surface area contributed by atoms with E-state index in [0.717, 1.165) is 6.42 Å².